The highest BCUT2D eigenvalue weighted by molar-refractivity contribution is 7.20. The molecule has 92 valence electrons. The summed E-state index contributed by atoms with van der Waals surface area (Å²) in [5.41, 5.74) is 2.12. The van der Waals surface area contributed by atoms with E-state index < -0.39 is 5.97 Å². The van der Waals surface area contributed by atoms with E-state index in [9.17, 15) is 9.90 Å². The molecule has 2 heterocycles. The van der Waals surface area contributed by atoms with Gasteiger partial charge in [0.25, 0.3) is 0 Å². The number of nitrogens with zero attached hydrogens (tertiary/aromatic N) is 1. The highest BCUT2D eigenvalue weighted by atomic mass is 32.1. The summed E-state index contributed by atoms with van der Waals surface area (Å²) in [4.78, 5) is 12.8. The number of aryl methyl sites for hydroxylation is 2. The van der Waals surface area contributed by atoms with E-state index in [4.69, 9.17) is 0 Å². The van der Waals surface area contributed by atoms with Crippen molar-refractivity contribution >= 4 is 38.4 Å². The normalized spacial score (nSPS) is 11.4. The van der Waals surface area contributed by atoms with Crippen LogP contribution in [0, 0.1) is 0 Å². The molecule has 3 aromatic rings. The number of carbonyl (C=O) groups is 1. The number of aromatic nitrogens is 1. The molecule has 0 radical (unpaired) electrons. The highest BCUT2D eigenvalue weighted by Crippen LogP contribution is 2.38. The van der Waals surface area contributed by atoms with E-state index >= 15 is 0 Å². The van der Waals surface area contributed by atoms with Gasteiger partial charge in [-0.3, -0.25) is 0 Å². The van der Waals surface area contributed by atoms with E-state index in [1.807, 2.05) is 26.1 Å². The molecule has 18 heavy (non-hydrogen) atoms. The van der Waals surface area contributed by atoms with Crippen molar-refractivity contribution in [3.05, 3.63) is 34.7 Å². The van der Waals surface area contributed by atoms with Gasteiger partial charge < -0.3 is 9.67 Å². The lowest BCUT2D eigenvalue weighted by Crippen LogP contribution is -1.96. The van der Waals surface area contributed by atoms with Crippen LogP contribution in [0.4, 0.5) is 0 Å². The maximum Gasteiger partial charge on any atom is 0.346 e. The van der Waals surface area contributed by atoms with Crippen molar-refractivity contribution in [1.82, 2.24) is 4.57 Å². The van der Waals surface area contributed by atoms with Gasteiger partial charge in [-0.15, -0.1) is 11.3 Å². The summed E-state index contributed by atoms with van der Waals surface area (Å²) in [5, 5.41) is 11.5. The number of benzene rings is 1. The van der Waals surface area contributed by atoms with Crippen molar-refractivity contribution in [2.75, 3.05) is 0 Å². The zero-order chi connectivity index (χ0) is 12.9. The van der Waals surface area contributed by atoms with Gasteiger partial charge in [0.1, 0.15) is 9.71 Å². The molecule has 4 heteroatoms. The summed E-state index contributed by atoms with van der Waals surface area (Å²) in [7, 11) is 1.99. The second kappa shape index (κ2) is 3.85. The van der Waals surface area contributed by atoms with Gasteiger partial charge in [0, 0.05) is 23.3 Å². The van der Waals surface area contributed by atoms with Crippen molar-refractivity contribution in [2.45, 2.75) is 13.3 Å². The van der Waals surface area contributed by atoms with Crippen LogP contribution in [0.3, 0.4) is 0 Å². The lowest BCUT2D eigenvalue weighted by molar-refractivity contribution is 0.0701. The van der Waals surface area contributed by atoms with Gasteiger partial charge in [-0.05, 0) is 18.1 Å². The zero-order valence-corrected chi connectivity index (χ0v) is 11.0. The molecule has 0 aliphatic heterocycles. The number of para-hydroxylation sites is 1. The Balaban J connectivity index is 2.55. The predicted molar refractivity (Wildman–Crippen MR) is 74.6 cm³/mol. The van der Waals surface area contributed by atoms with Crippen LogP contribution >= 0.6 is 11.3 Å². The molecule has 3 rings (SSSR count). The van der Waals surface area contributed by atoms with Crippen molar-refractivity contribution < 1.29 is 9.90 Å². The van der Waals surface area contributed by atoms with Gasteiger partial charge >= 0.3 is 5.97 Å². The molecule has 1 aromatic carbocycles. The molecule has 0 saturated carbocycles. The molecule has 2 aromatic heterocycles. The van der Waals surface area contributed by atoms with Crippen LogP contribution in [0.1, 0.15) is 22.2 Å². The second-order valence-corrected chi connectivity index (χ2v) is 5.32. The molecule has 0 unspecified atom stereocenters. The van der Waals surface area contributed by atoms with Gasteiger partial charge in [-0.25, -0.2) is 4.79 Å². The largest absolute Gasteiger partial charge is 0.477 e. The number of carboxylic acid groups (broad SMARTS) is 1. The van der Waals surface area contributed by atoms with Crippen LogP contribution in [-0.2, 0) is 13.5 Å². The molecule has 0 aliphatic rings. The van der Waals surface area contributed by atoms with Gasteiger partial charge in [0.2, 0.25) is 0 Å². The Morgan fingerprint density at radius 1 is 1.39 bits per heavy atom. The van der Waals surface area contributed by atoms with Crippen LogP contribution in [0.15, 0.2) is 24.3 Å². The van der Waals surface area contributed by atoms with E-state index in [1.165, 1.54) is 11.3 Å². The zero-order valence-electron chi connectivity index (χ0n) is 10.2. The molecule has 0 spiro atoms. The molecule has 0 atom stereocenters. The molecule has 0 fully saturated rings. The van der Waals surface area contributed by atoms with E-state index in [2.05, 4.69) is 16.7 Å². The van der Waals surface area contributed by atoms with Crippen LogP contribution in [0.5, 0.6) is 0 Å². The number of carboxylic acids is 1. The van der Waals surface area contributed by atoms with Crippen molar-refractivity contribution in [3.63, 3.8) is 0 Å². The van der Waals surface area contributed by atoms with Gasteiger partial charge in [0.05, 0.1) is 0 Å². The monoisotopic (exact) mass is 259 g/mol. The summed E-state index contributed by atoms with van der Waals surface area (Å²) in [6.45, 7) is 2.01. The standard InChI is InChI=1S/C14H13NO2S/c1-3-8-11-9-6-4-5-7-10(9)15(2)13(11)18-12(8)14(16)17/h4-7H,3H2,1-2H3,(H,16,17). The highest BCUT2D eigenvalue weighted by Gasteiger charge is 2.21. The van der Waals surface area contributed by atoms with Crippen LogP contribution in [0.25, 0.3) is 21.1 Å². The third kappa shape index (κ3) is 1.32. The van der Waals surface area contributed by atoms with E-state index in [1.54, 1.807) is 0 Å². The first kappa shape index (κ1) is 11.3. The Bertz CT molecular complexity index is 767. The first-order valence-corrected chi connectivity index (χ1v) is 6.68. The first-order valence-electron chi connectivity index (χ1n) is 5.87. The summed E-state index contributed by atoms with van der Waals surface area (Å²) >= 11 is 1.37. The van der Waals surface area contributed by atoms with E-state index in [-0.39, 0.29) is 0 Å². The van der Waals surface area contributed by atoms with Gasteiger partial charge in [0.15, 0.2) is 0 Å². The minimum Gasteiger partial charge on any atom is -0.477 e. The van der Waals surface area contributed by atoms with Gasteiger partial charge in [-0.2, -0.15) is 0 Å². The molecule has 0 amide bonds. The quantitative estimate of drug-likeness (QED) is 0.763. The fourth-order valence-electron chi connectivity index (χ4n) is 2.56. The van der Waals surface area contributed by atoms with E-state index in [0.29, 0.717) is 4.88 Å². The lowest BCUT2D eigenvalue weighted by atomic mass is 10.1. The second-order valence-electron chi connectivity index (χ2n) is 4.32. The average molecular weight is 259 g/mol. The lowest BCUT2D eigenvalue weighted by Gasteiger charge is -1.98. The fourth-order valence-corrected chi connectivity index (χ4v) is 3.78. The number of thiophene rings is 1. The SMILES string of the molecule is CCc1c(C(=O)O)sc2c1c1ccccc1n2C. The molecular weight excluding hydrogens is 246 g/mol. The van der Waals surface area contributed by atoms with E-state index in [0.717, 1.165) is 33.1 Å². The smallest absolute Gasteiger partial charge is 0.346 e. The Kier molecular flexibility index (Phi) is 2.41. The molecule has 0 aliphatic carbocycles. The van der Waals surface area contributed by atoms with Crippen LogP contribution < -0.4 is 0 Å². The van der Waals surface area contributed by atoms with Crippen molar-refractivity contribution in [3.8, 4) is 0 Å². The molecule has 0 saturated heterocycles. The number of rotatable bonds is 2. The first-order chi connectivity index (χ1) is 8.65. The Labute approximate surface area is 108 Å². The average Bonchev–Trinajstić information content (AvgIpc) is 2.87. The van der Waals surface area contributed by atoms with Gasteiger partial charge in [-0.1, -0.05) is 25.1 Å². The topological polar surface area (TPSA) is 42.2 Å². The maximum absolute atomic E-state index is 11.3. The molecule has 1 N–H and O–H groups in total. The Hall–Kier alpha value is -1.81. The number of hydrogen-bond acceptors (Lipinski definition) is 2. The number of hydrogen-bond donors (Lipinski definition) is 1. The molecule has 0 bridgehead atoms. The third-order valence-corrected chi connectivity index (χ3v) is 4.67. The third-order valence-electron chi connectivity index (χ3n) is 3.38. The van der Waals surface area contributed by atoms with Crippen molar-refractivity contribution in [1.29, 1.82) is 0 Å². The Morgan fingerprint density at radius 2 is 2.11 bits per heavy atom. The molecular formula is C14H13NO2S. The summed E-state index contributed by atoms with van der Waals surface area (Å²) in [6, 6.07) is 8.14. The van der Waals surface area contributed by atoms with Crippen LogP contribution in [-0.4, -0.2) is 15.6 Å². The summed E-state index contributed by atoms with van der Waals surface area (Å²) in [5.74, 6) is -0.822. The maximum atomic E-state index is 11.3. The molecule has 3 nitrogen and oxygen atoms in total. The fraction of sp³-hybridized carbons (Fsp3) is 0.214. The predicted octanol–water partition coefficient (Wildman–Crippen LogP) is 3.65. The Morgan fingerprint density at radius 3 is 2.78 bits per heavy atom. The number of aromatic carboxylic acids is 1. The van der Waals surface area contributed by atoms with Crippen LogP contribution in [0.2, 0.25) is 0 Å². The minimum atomic E-state index is -0.822. The summed E-state index contributed by atoms with van der Waals surface area (Å²) in [6.07, 6.45) is 0.746. The summed E-state index contributed by atoms with van der Waals surface area (Å²) < 4.78 is 2.08. The minimum absolute atomic E-state index is 0.476. The number of fused-ring (bicyclic) bond motifs is 3. The van der Waals surface area contributed by atoms with Crippen molar-refractivity contribution in [2.24, 2.45) is 7.05 Å².